The summed E-state index contributed by atoms with van der Waals surface area (Å²) in [6, 6.07) is -0.0743. The molecule has 6 heteroatoms. The van der Waals surface area contributed by atoms with Crippen molar-refractivity contribution >= 4 is 5.91 Å². The number of alkyl halides is 3. The molecule has 0 spiro atoms. The van der Waals surface area contributed by atoms with Gasteiger partial charge in [-0.2, -0.15) is 13.2 Å². The molecule has 0 saturated carbocycles. The lowest BCUT2D eigenvalue weighted by Crippen LogP contribution is -2.43. The monoisotopic (exact) mass is 238 g/mol. The first-order valence-electron chi connectivity index (χ1n) is 5.51. The van der Waals surface area contributed by atoms with Gasteiger partial charge < -0.3 is 10.2 Å². The average molecular weight is 238 g/mol. The highest BCUT2D eigenvalue weighted by atomic mass is 19.4. The van der Waals surface area contributed by atoms with Crippen molar-refractivity contribution in [3.63, 3.8) is 0 Å². The molecule has 0 aromatic carbocycles. The number of nitrogens with one attached hydrogen (secondary N) is 1. The molecule has 0 radical (unpaired) electrons. The second-order valence-electron chi connectivity index (χ2n) is 4.03. The molecule has 0 aliphatic carbocycles. The maximum atomic E-state index is 12.1. The number of hydrogen-bond donors (Lipinski definition) is 1. The van der Waals surface area contributed by atoms with Gasteiger partial charge >= 0.3 is 6.18 Å². The summed E-state index contributed by atoms with van der Waals surface area (Å²) in [5.74, 6) is -0.803. The third-order valence-corrected chi connectivity index (χ3v) is 2.61. The SMILES string of the molecule is CCCN(C(=O)CC(F)(F)F)[C@H]1CCNC1. The highest BCUT2D eigenvalue weighted by Gasteiger charge is 2.35. The number of rotatable bonds is 4. The molecule has 1 amide bonds. The lowest BCUT2D eigenvalue weighted by molar-refractivity contribution is -0.162. The van der Waals surface area contributed by atoms with E-state index in [0.717, 1.165) is 13.0 Å². The molecule has 3 nitrogen and oxygen atoms in total. The molecule has 1 saturated heterocycles. The van der Waals surface area contributed by atoms with Crippen LogP contribution in [0.4, 0.5) is 13.2 Å². The number of carbonyl (C=O) groups is 1. The minimum absolute atomic E-state index is 0.0743. The number of amides is 1. The van der Waals surface area contributed by atoms with Crippen molar-refractivity contribution in [2.75, 3.05) is 19.6 Å². The van der Waals surface area contributed by atoms with E-state index in [0.29, 0.717) is 19.5 Å². The highest BCUT2D eigenvalue weighted by molar-refractivity contribution is 5.77. The zero-order chi connectivity index (χ0) is 12.2. The first-order valence-corrected chi connectivity index (χ1v) is 5.51. The van der Waals surface area contributed by atoms with Crippen molar-refractivity contribution in [3.05, 3.63) is 0 Å². The molecule has 0 unspecified atom stereocenters. The van der Waals surface area contributed by atoms with Gasteiger partial charge in [-0.3, -0.25) is 4.79 Å². The molecule has 1 N–H and O–H groups in total. The number of halogens is 3. The number of nitrogens with zero attached hydrogens (tertiary/aromatic N) is 1. The Labute approximate surface area is 93.0 Å². The topological polar surface area (TPSA) is 32.3 Å². The van der Waals surface area contributed by atoms with Gasteiger partial charge in [0, 0.05) is 19.1 Å². The van der Waals surface area contributed by atoms with Crippen LogP contribution < -0.4 is 5.32 Å². The normalized spacial score (nSPS) is 21.1. The Kier molecular flexibility index (Phi) is 4.58. The van der Waals surface area contributed by atoms with Crippen molar-refractivity contribution < 1.29 is 18.0 Å². The van der Waals surface area contributed by atoms with Crippen LogP contribution in [0.3, 0.4) is 0 Å². The van der Waals surface area contributed by atoms with Gasteiger partial charge in [-0.15, -0.1) is 0 Å². The summed E-state index contributed by atoms with van der Waals surface area (Å²) in [7, 11) is 0. The van der Waals surface area contributed by atoms with Gasteiger partial charge in [0.15, 0.2) is 0 Å². The Hall–Kier alpha value is -0.780. The lowest BCUT2D eigenvalue weighted by Gasteiger charge is -2.28. The van der Waals surface area contributed by atoms with Gasteiger partial charge in [-0.05, 0) is 19.4 Å². The van der Waals surface area contributed by atoms with E-state index in [-0.39, 0.29) is 6.04 Å². The maximum Gasteiger partial charge on any atom is 0.397 e. The van der Waals surface area contributed by atoms with Crippen molar-refractivity contribution in [3.8, 4) is 0 Å². The van der Waals surface area contributed by atoms with E-state index in [9.17, 15) is 18.0 Å². The van der Waals surface area contributed by atoms with E-state index in [2.05, 4.69) is 5.32 Å². The lowest BCUT2D eigenvalue weighted by atomic mass is 10.2. The molecule has 0 aromatic heterocycles. The largest absolute Gasteiger partial charge is 0.397 e. The van der Waals surface area contributed by atoms with Crippen molar-refractivity contribution in [2.45, 2.75) is 38.4 Å². The predicted molar refractivity (Wildman–Crippen MR) is 54.0 cm³/mol. The zero-order valence-corrected chi connectivity index (χ0v) is 9.31. The van der Waals surface area contributed by atoms with E-state index in [1.807, 2.05) is 6.92 Å². The van der Waals surface area contributed by atoms with E-state index in [4.69, 9.17) is 0 Å². The van der Waals surface area contributed by atoms with Gasteiger partial charge in [0.05, 0.1) is 0 Å². The average Bonchev–Trinajstić information content (AvgIpc) is 2.63. The first-order chi connectivity index (χ1) is 7.44. The Morgan fingerprint density at radius 3 is 2.62 bits per heavy atom. The molecular formula is C10H17F3N2O. The summed E-state index contributed by atoms with van der Waals surface area (Å²) >= 11 is 0. The Morgan fingerprint density at radius 1 is 1.50 bits per heavy atom. The first kappa shape index (κ1) is 13.3. The van der Waals surface area contributed by atoms with Crippen molar-refractivity contribution in [1.82, 2.24) is 10.2 Å². The third-order valence-electron chi connectivity index (χ3n) is 2.61. The van der Waals surface area contributed by atoms with Crippen LogP contribution in [-0.4, -0.2) is 42.7 Å². The van der Waals surface area contributed by atoms with Crippen molar-refractivity contribution in [2.24, 2.45) is 0 Å². The minimum atomic E-state index is -4.41. The number of carbonyl (C=O) groups excluding carboxylic acids is 1. The van der Waals surface area contributed by atoms with Crippen LogP contribution in [0.1, 0.15) is 26.2 Å². The Bertz CT molecular complexity index is 237. The van der Waals surface area contributed by atoms with E-state index >= 15 is 0 Å². The van der Waals surface area contributed by atoms with Crippen LogP contribution in [-0.2, 0) is 4.79 Å². The van der Waals surface area contributed by atoms with Crippen LogP contribution in [0.2, 0.25) is 0 Å². The third kappa shape index (κ3) is 4.00. The molecule has 1 rings (SSSR count). The summed E-state index contributed by atoms with van der Waals surface area (Å²) < 4.78 is 36.4. The van der Waals surface area contributed by atoms with Gasteiger partial charge in [0.2, 0.25) is 5.91 Å². The molecule has 0 aromatic rings. The van der Waals surface area contributed by atoms with Gasteiger partial charge in [-0.25, -0.2) is 0 Å². The standard InChI is InChI=1S/C10H17F3N2O/c1-2-5-15(8-3-4-14-7-8)9(16)6-10(11,12)13/h8,14H,2-7H2,1H3/t8-/m0/s1. The fraction of sp³-hybridized carbons (Fsp3) is 0.900. The fourth-order valence-corrected chi connectivity index (χ4v) is 1.93. The maximum absolute atomic E-state index is 12.1. The smallest absolute Gasteiger partial charge is 0.338 e. The predicted octanol–water partition coefficient (Wildman–Crippen LogP) is 1.54. The highest BCUT2D eigenvalue weighted by Crippen LogP contribution is 2.22. The summed E-state index contributed by atoms with van der Waals surface area (Å²) in [5.41, 5.74) is 0. The molecule has 1 aliphatic heterocycles. The van der Waals surface area contributed by atoms with Crippen LogP contribution in [0.15, 0.2) is 0 Å². The molecule has 16 heavy (non-hydrogen) atoms. The van der Waals surface area contributed by atoms with Crippen LogP contribution in [0.5, 0.6) is 0 Å². The van der Waals surface area contributed by atoms with Gasteiger partial charge in [0.25, 0.3) is 0 Å². The van der Waals surface area contributed by atoms with Crippen molar-refractivity contribution in [1.29, 1.82) is 0 Å². The Balaban J connectivity index is 2.57. The summed E-state index contributed by atoms with van der Waals surface area (Å²) in [6.07, 6.45) is -4.33. The molecule has 1 fully saturated rings. The number of hydrogen-bond acceptors (Lipinski definition) is 2. The zero-order valence-electron chi connectivity index (χ0n) is 9.31. The van der Waals surface area contributed by atoms with Crippen LogP contribution >= 0.6 is 0 Å². The van der Waals surface area contributed by atoms with E-state index in [1.54, 1.807) is 0 Å². The van der Waals surface area contributed by atoms with Gasteiger partial charge in [0.1, 0.15) is 6.42 Å². The van der Waals surface area contributed by atoms with Gasteiger partial charge in [-0.1, -0.05) is 6.92 Å². The fourth-order valence-electron chi connectivity index (χ4n) is 1.93. The molecule has 1 atom stereocenters. The van der Waals surface area contributed by atoms with E-state index in [1.165, 1.54) is 4.90 Å². The minimum Gasteiger partial charge on any atom is -0.338 e. The molecule has 1 aliphatic rings. The quantitative estimate of drug-likeness (QED) is 0.805. The summed E-state index contributed by atoms with van der Waals surface area (Å²) in [5, 5.41) is 3.05. The molecule has 94 valence electrons. The van der Waals surface area contributed by atoms with Crippen LogP contribution in [0, 0.1) is 0 Å². The summed E-state index contributed by atoms with van der Waals surface area (Å²) in [4.78, 5) is 12.9. The molecule has 1 heterocycles. The molecular weight excluding hydrogens is 221 g/mol. The van der Waals surface area contributed by atoms with E-state index < -0.39 is 18.5 Å². The summed E-state index contributed by atoms with van der Waals surface area (Å²) in [6.45, 7) is 3.63. The second kappa shape index (κ2) is 5.52. The molecule has 0 bridgehead atoms. The Morgan fingerprint density at radius 2 is 2.19 bits per heavy atom. The second-order valence-corrected chi connectivity index (χ2v) is 4.03. The van der Waals surface area contributed by atoms with Crippen LogP contribution in [0.25, 0.3) is 0 Å².